The molecule has 19 heavy (non-hydrogen) atoms. The van der Waals surface area contributed by atoms with E-state index < -0.39 is 0 Å². The van der Waals surface area contributed by atoms with Crippen LogP contribution in [-0.2, 0) is 17.9 Å². The molecular formula is C16H27NO2. The number of ether oxygens (including phenoxy) is 1. The Labute approximate surface area is 116 Å². The Morgan fingerprint density at radius 3 is 2.95 bits per heavy atom. The Balaban J connectivity index is 1.70. The van der Waals surface area contributed by atoms with Gasteiger partial charge in [-0.2, -0.15) is 0 Å². The number of furan rings is 1. The van der Waals surface area contributed by atoms with E-state index in [4.69, 9.17) is 9.15 Å². The van der Waals surface area contributed by atoms with Crippen LogP contribution in [0.1, 0.15) is 57.5 Å². The van der Waals surface area contributed by atoms with Gasteiger partial charge in [-0.15, -0.1) is 0 Å². The summed E-state index contributed by atoms with van der Waals surface area (Å²) in [5.41, 5.74) is 0. The topological polar surface area (TPSA) is 34.4 Å². The first kappa shape index (κ1) is 14.6. The average molecular weight is 265 g/mol. The second kappa shape index (κ2) is 7.71. The van der Waals surface area contributed by atoms with Crippen LogP contribution in [0.25, 0.3) is 0 Å². The summed E-state index contributed by atoms with van der Waals surface area (Å²) in [6.45, 7) is 6.95. The van der Waals surface area contributed by atoms with E-state index >= 15 is 0 Å². The van der Waals surface area contributed by atoms with Crippen molar-refractivity contribution in [3.05, 3.63) is 23.7 Å². The highest BCUT2D eigenvalue weighted by Crippen LogP contribution is 2.26. The van der Waals surface area contributed by atoms with Gasteiger partial charge in [0.1, 0.15) is 18.1 Å². The third-order valence-electron chi connectivity index (χ3n) is 3.79. The van der Waals surface area contributed by atoms with E-state index in [0.717, 1.165) is 36.9 Å². The summed E-state index contributed by atoms with van der Waals surface area (Å²) >= 11 is 0. The predicted molar refractivity (Wildman–Crippen MR) is 76.9 cm³/mol. The van der Waals surface area contributed by atoms with Gasteiger partial charge in [0.2, 0.25) is 0 Å². The van der Waals surface area contributed by atoms with Crippen molar-refractivity contribution in [3.63, 3.8) is 0 Å². The minimum atomic E-state index is 0.426. The first-order chi connectivity index (χ1) is 9.28. The highest BCUT2D eigenvalue weighted by molar-refractivity contribution is 5.06. The van der Waals surface area contributed by atoms with Crippen molar-refractivity contribution >= 4 is 0 Å². The first-order valence-corrected chi connectivity index (χ1v) is 7.67. The Morgan fingerprint density at radius 1 is 1.32 bits per heavy atom. The molecule has 3 heteroatoms. The van der Waals surface area contributed by atoms with Crippen molar-refractivity contribution < 1.29 is 9.15 Å². The van der Waals surface area contributed by atoms with E-state index in [1.54, 1.807) is 0 Å². The van der Waals surface area contributed by atoms with Crippen molar-refractivity contribution in [1.29, 1.82) is 0 Å². The lowest BCUT2D eigenvalue weighted by Crippen LogP contribution is -2.21. The SMILES string of the molecule is CCCNCc1ccc(COC2CCCC(C)C2)o1. The molecule has 0 aromatic carbocycles. The minimum absolute atomic E-state index is 0.426. The number of nitrogens with one attached hydrogen (secondary N) is 1. The van der Waals surface area contributed by atoms with Gasteiger partial charge in [0.05, 0.1) is 12.6 Å². The molecule has 0 bridgehead atoms. The molecule has 1 aliphatic carbocycles. The van der Waals surface area contributed by atoms with Crippen LogP contribution in [-0.4, -0.2) is 12.6 Å². The van der Waals surface area contributed by atoms with Crippen molar-refractivity contribution in [2.45, 2.75) is 65.2 Å². The second-order valence-corrected chi connectivity index (χ2v) is 5.75. The summed E-state index contributed by atoms with van der Waals surface area (Å²) in [7, 11) is 0. The fraction of sp³-hybridized carbons (Fsp3) is 0.750. The van der Waals surface area contributed by atoms with Crippen LogP contribution in [0.3, 0.4) is 0 Å². The van der Waals surface area contributed by atoms with Gasteiger partial charge in [0.15, 0.2) is 0 Å². The molecule has 0 radical (unpaired) electrons. The standard InChI is InChI=1S/C16H27NO2/c1-3-9-17-11-15-7-8-16(19-15)12-18-14-6-4-5-13(2)10-14/h7-8,13-14,17H,3-6,9-12H2,1-2H3. The van der Waals surface area contributed by atoms with Crippen LogP contribution in [0.5, 0.6) is 0 Å². The fourth-order valence-electron chi connectivity index (χ4n) is 2.71. The van der Waals surface area contributed by atoms with Crippen LogP contribution >= 0.6 is 0 Å². The smallest absolute Gasteiger partial charge is 0.129 e. The van der Waals surface area contributed by atoms with Gasteiger partial charge in [0.25, 0.3) is 0 Å². The van der Waals surface area contributed by atoms with E-state index in [1.807, 2.05) is 12.1 Å². The molecule has 1 saturated carbocycles. The van der Waals surface area contributed by atoms with Crippen LogP contribution in [0, 0.1) is 5.92 Å². The van der Waals surface area contributed by atoms with Crippen LogP contribution in [0.2, 0.25) is 0 Å². The number of rotatable bonds is 7. The van der Waals surface area contributed by atoms with Gasteiger partial charge in [0, 0.05) is 0 Å². The highest BCUT2D eigenvalue weighted by atomic mass is 16.5. The molecule has 0 amide bonds. The van der Waals surface area contributed by atoms with Crippen molar-refractivity contribution in [2.24, 2.45) is 5.92 Å². The van der Waals surface area contributed by atoms with Crippen molar-refractivity contribution in [1.82, 2.24) is 5.32 Å². The molecule has 3 nitrogen and oxygen atoms in total. The maximum Gasteiger partial charge on any atom is 0.129 e. The Morgan fingerprint density at radius 2 is 2.16 bits per heavy atom. The third kappa shape index (κ3) is 5.00. The van der Waals surface area contributed by atoms with E-state index in [0.29, 0.717) is 12.7 Å². The largest absolute Gasteiger partial charge is 0.462 e. The molecule has 1 heterocycles. The summed E-state index contributed by atoms with van der Waals surface area (Å²) in [5.74, 6) is 2.76. The van der Waals surface area contributed by atoms with Gasteiger partial charge >= 0.3 is 0 Å². The zero-order valence-electron chi connectivity index (χ0n) is 12.3. The molecule has 1 aromatic heterocycles. The molecule has 108 valence electrons. The number of hydrogen-bond acceptors (Lipinski definition) is 3. The molecule has 0 saturated heterocycles. The summed E-state index contributed by atoms with van der Waals surface area (Å²) < 4.78 is 11.7. The van der Waals surface area contributed by atoms with Gasteiger partial charge in [-0.25, -0.2) is 0 Å². The Kier molecular flexibility index (Phi) is 5.93. The lowest BCUT2D eigenvalue weighted by atomic mass is 9.89. The van der Waals surface area contributed by atoms with Gasteiger partial charge in [-0.05, 0) is 43.9 Å². The molecule has 0 aliphatic heterocycles. The van der Waals surface area contributed by atoms with E-state index in [2.05, 4.69) is 19.2 Å². The zero-order valence-corrected chi connectivity index (χ0v) is 12.3. The fourth-order valence-corrected chi connectivity index (χ4v) is 2.71. The molecular weight excluding hydrogens is 238 g/mol. The Bertz CT molecular complexity index is 361. The summed E-state index contributed by atoms with van der Waals surface area (Å²) in [5, 5.41) is 3.34. The van der Waals surface area contributed by atoms with Gasteiger partial charge in [-0.3, -0.25) is 0 Å². The molecule has 2 rings (SSSR count). The quantitative estimate of drug-likeness (QED) is 0.760. The monoisotopic (exact) mass is 265 g/mol. The summed E-state index contributed by atoms with van der Waals surface area (Å²) in [6.07, 6.45) is 6.64. The molecule has 2 unspecified atom stereocenters. The molecule has 1 aromatic rings. The minimum Gasteiger partial charge on any atom is -0.462 e. The maximum absolute atomic E-state index is 5.96. The molecule has 2 atom stereocenters. The maximum atomic E-state index is 5.96. The van der Waals surface area contributed by atoms with Crippen molar-refractivity contribution in [2.75, 3.05) is 6.54 Å². The van der Waals surface area contributed by atoms with Gasteiger partial charge in [-0.1, -0.05) is 26.7 Å². The van der Waals surface area contributed by atoms with Crippen LogP contribution in [0.4, 0.5) is 0 Å². The first-order valence-electron chi connectivity index (χ1n) is 7.67. The highest BCUT2D eigenvalue weighted by Gasteiger charge is 2.19. The summed E-state index contributed by atoms with van der Waals surface area (Å²) in [4.78, 5) is 0. The van der Waals surface area contributed by atoms with E-state index in [1.165, 1.54) is 25.7 Å². The molecule has 1 N–H and O–H groups in total. The number of hydrogen-bond donors (Lipinski definition) is 1. The predicted octanol–water partition coefficient (Wildman–Crippen LogP) is 3.87. The molecule has 0 spiro atoms. The molecule has 1 aliphatic rings. The third-order valence-corrected chi connectivity index (χ3v) is 3.79. The zero-order chi connectivity index (χ0) is 13.5. The Hall–Kier alpha value is -0.800. The summed E-state index contributed by atoms with van der Waals surface area (Å²) in [6, 6.07) is 4.08. The van der Waals surface area contributed by atoms with E-state index in [9.17, 15) is 0 Å². The van der Waals surface area contributed by atoms with Crippen LogP contribution in [0.15, 0.2) is 16.5 Å². The lowest BCUT2D eigenvalue weighted by molar-refractivity contribution is -0.00300. The van der Waals surface area contributed by atoms with Crippen LogP contribution < -0.4 is 5.32 Å². The van der Waals surface area contributed by atoms with E-state index in [-0.39, 0.29) is 0 Å². The normalized spacial score (nSPS) is 23.7. The average Bonchev–Trinajstić information content (AvgIpc) is 2.85. The molecule has 1 fully saturated rings. The second-order valence-electron chi connectivity index (χ2n) is 5.75. The lowest BCUT2D eigenvalue weighted by Gasteiger charge is -2.26. The van der Waals surface area contributed by atoms with Gasteiger partial charge < -0.3 is 14.5 Å². The van der Waals surface area contributed by atoms with Crippen molar-refractivity contribution in [3.8, 4) is 0 Å².